The van der Waals surface area contributed by atoms with Crippen molar-refractivity contribution in [2.24, 2.45) is 0 Å². The van der Waals surface area contributed by atoms with E-state index in [2.05, 4.69) is 17.1 Å². The summed E-state index contributed by atoms with van der Waals surface area (Å²) in [6.07, 6.45) is 3.44. The molecule has 0 bridgehead atoms. The normalized spacial score (nSPS) is 16.0. The average molecular weight is 397 g/mol. The zero-order valence-corrected chi connectivity index (χ0v) is 16.1. The molecule has 7 nitrogen and oxygen atoms in total. The Bertz CT molecular complexity index is 920. The maximum atomic E-state index is 12.8. The van der Waals surface area contributed by atoms with Gasteiger partial charge in [0.2, 0.25) is 10.0 Å². The fourth-order valence-corrected chi connectivity index (χ4v) is 4.66. The topological polar surface area (TPSA) is 86.4 Å². The van der Waals surface area contributed by atoms with Crippen LogP contribution < -0.4 is 10.5 Å². The van der Waals surface area contributed by atoms with Gasteiger partial charge in [0.1, 0.15) is 5.02 Å². The Hall–Kier alpha value is -1.90. The van der Waals surface area contributed by atoms with E-state index < -0.39 is 15.6 Å². The van der Waals surface area contributed by atoms with Crippen LogP contribution in [0.1, 0.15) is 18.9 Å². The van der Waals surface area contributed by atoms with Gasteiger partial charge >= 0.3 is 0 Å². The van der Waals surface area contributed by atoms with Crippen molar-refractivity contribution in [2.75, 3.05) is 31.1 Å². The molecule has 0 aliphatic carbocycles. The Morgan fingerprint density at radius 3 is 2.42 bits per heavy atom. The van der Waals surface area contributed by atoms with Crippen molar-refractivity contribution >= 4 is 27.3 Å². The third-order valence-corrected chi connectivity index (χ3v) is 6.73. The maximum absolute atomic E-state index is 12.8. The van der Waals surface area contributed by atoms with Crippen molar-refractivity contribution in [3.63, 3.8) is 0 Å². The van der Waals surface area contributed by atoms with Crippen LogP contribution in [-0.2, 0) is 16.4 Å². The summed E-state index contributed by atoms with van der Waals surface area (Å²) in [4.78, 5) is 13.8. The molecule has 0 radical (unpaired) electrons. The highest BCUT2D eigenvalue weighted by atomic mass is 35.5. The first-order valence-electron chi connectivity index (χ1n) is 8.50. The van der Waals surface area contributed by atoms with Crippen molar-refractivity contribution < 1.29 is 8.42 Å². The lowest BCUT2D eigenvalue weighted by Gasteiger charge is -2.35. The van der Waals surface area contributed by atoms with E-state index >= 15 is 0 Å². The van der Waals surface area contributed by atoms with Crippen molar-refractivity contribution in [3.05, 3.63) is 51.4 Å². The molecule has 1 fully saturated rings. The second-order valence-electron chi connectivity index (χ2n) is 6.18. The summed E-state index contributed by atoms with van der Waals surface area (Å²) in [5.41, 5.74) is 1.20. The molecule has 1 aliphatic rings. The Morgan fingerprint density at radius 2 is 1.81 bits per heavy atom. The number of hydrogen-bond donors (Lipinski definition) is 1. The number of nitrogens with zero attached hydrogens (tertiary/aromatic N) is 3. The van der Waals surface area contributed by atoms with Gasteiger partial charge in [-0.1, -0.05) is 37.1 Å². The molecule has 0 atom stereocenters. The Morgan fingerprint density at radius 1 is 1.15 bits per heavy atom. The number of hydrogen-bond acceptors (Lipinski definition) is 5. The van der Waals surface area contributed by atoms with Gasteiger partial charge in [-0.05, 0) is 24.1 Å². The van der Waals surface area contributed by atoms with Gasteiger partial charge < -0.3 is 4.90 Å². The lowest BCUT2D eigenvalue weighted by molar-refractivity contribution is 0.384. The number of aromatic nitrogens is 2. The van der Waals surface area contributed by atoms with Gasteiger partial charge in [-0.15, -0.1) is 0 Å². The molecule has 2 aromatic rings. The lowest BCUT2D eigenvalue weighted by atomic mass is 10.1. The van der Waals surface area contributed by atoms with E-state index in [-0.39, 0.29) is 5.02 Å². The number of anilines is 1. The largest absolute Gasteiger partial charge is 0.366 e. The predicted molar refractivity (Wildman–Crippen MR) is 101 cm³/mol. The molecule has 3 rings (SSSR count). The standard InChI is InChI=1S/C17H21ClN4O3S/c1-2-3-13-4-6-14(7-5-13)26(24,25)22-10-8-21(9-11-22)15-12-19-20-17(23)16(15)18/h4-7,12H,2-3,8-11H2,1H3,(H,20,23). The molecule has 0 saturated carbocycles. The molecule has 9 heteroatoms. The summed E-state index contributed by atoms with van der Waals surface area (Å²) < 4.78 is 27.1. The molecule has 2 heterocycles. The van der Waals surface area contributed by atoms with E-state index in [4.69, 9.17) is 11.6 Å². The molecule has 0 amide bonds. The van der Waals surface area contributed by atoms with Gasteiger partial charge in [0.25, 0.3) is 5.56 Å². The second kappa shape index (κ2) is 7.77. The highest BCUT2D eigenvalue weighted by molar-refractivity contribution is 7.89. The Labute approximate surface area is 157 Å². The van der Waals surface area contributed by atoms with E-state index in [0.717, 1.165) is 18.4 Å². The molecule has 26 heavy (non-hydrogen) atoms. The van der Waals surface area contributed by atoms with Gasteiger partial charge in [-0.25, -0.2) is 13.5 Å². The van der Waals surface area contributed by atoms with Gasteiger partial charge in [-0.3, -0.25) is 4.79 Å². The quantitative estimate of drug-likeness (QED) is 0.833. The van der Waals surface area contributed by atoms with Crippen LogP contribution in [-0.4, -0.2) is 49.1 Å². The SMILES string of the molecule is CCCc1ccc(S(=O)(=O)N2CCN(c3cn[nH]c(=O)c3Cl)CC2)cc1. The van der Waals surface area contributed by atoms with Crippen molar-refractivity contribution in [1.29, 1.82) is 0 Å². The molecular formula is C17H21ClN4O3S. The first-order chi connectivity index (χ1) is 12.4. The minimum atomic E-state index is -3.53. The number of rotatable bonds is 5. The summed E-state index contributed by atoms with van der Waals surface area (Å²) in [6.45, 7) is 3.62. The van der Waals surface area contributed by atoms with Crippen molar-refractivity contribution in [2.45, 2.75) is 24.7 Å². The third kappa shape index (κ3) is 3.77. The minimum Gasteiger partial charge on any atom is -0.366 e. The molecule has 140 valence electrons. The fraction of sp³-hybridized carbons (Fsp3) is 0.412. The van der Waals surface area contributed by atoms with E-state index in [9.17, 15) is 13.2 Å². The van der Waals surface area contributed by atoms with Crippen LogP contribution in [0.3, 0.4) is 0 Å². The first-order valence-corrected chi connectivity index (χ1v) is 10.3. The summed E-state index contributed by atoms with van der Waals surface area (Å²) in [6, 6.07) is 7.08. The van der Waals surface area contributed by atoms with E-state index in [1.807, 2.05) is 17.0 Å². The van der Waals surface area contributed by atoms with Gasteiger partial charge in [0, 0.05) is 26.2 Å². The number of benzene rings is 1. The van der Waals surface area contributed by atoms with Crippen LogP contribution in [0.2, 0.25) is 5.02 Å². The van der Waals surface area contributed by atoms with Gasteiger partial charge in [0.05, 0.1) is 16.8 Å². The summed E-state index contributed by atoms with van der Waals surface area (Å²) in [5, 5.41) is 6.11. The highest BCUT2D eigenvalue weighted by Gasteiger charge is 2.29. The lowest BCUT2D eigenvalue weighted by Crippen LogP contribution is -2.49. The number of H-pyrrole nitrogens is 1. The van der Waals surface area contributed by atoms with Crippen LogP contribution >= 0.6 is 11.6 Å². The monoisotopic (exact) mass is 396 g/mol. The van der Waals surface area contributed by atoms with Crippen LogP contribution in [0, 0.1) is 0 Å². The number of aromatic amines is 1. The summed E-state index contributed by atoms with van der Waals surface area (Å²) in [7, 11) is -3.53. The van der Waals surface area contributed by atoms with Crippen LogP contribution in [0.4, 0.5) is 5.69 Å². The minimum absolute atomic E-state index is 0.0721. The molecule has 1 aromatic heterocycles. The number of halogens is 1. The number of nitrogens with one attached hydrogen (secondary N) is 1. The molecule has 1 saturated heterocycles. The molecule has 1 aromatic carbocycles. The summed E-state index contributed by atoms with van der Waals surface area (Å²) >= 11 is 6.03. The molecule has 0 spiro atoms. The number of aryl methyl sites for hydroxylation is 1. The first kappa shape index (κ1) is 18.9. The zero-order chi connectivity index (χ0) is 18.7. The van der Waals surface area contributed by atoms with Crippen molar-refractivity contribution in [3.8, 4) is 0 Å². The van der Waals surface area contributed by atoms with Gasteiger partial charge in [0.15, 0.2) is 0 Å². The highest BCUT2D eigenvalue weighted by Crippen LogP contribution is 2.24. The van der Waals surface area contributed by atoms with Gasteiger partial charge in [-0.2, -0.15) is 9.40 Å². The Balaban J connectivity index is 1.72. The molecule has 0 unspecified atom stereocenters. The predicted octanol–water partition coefficient (Wildman–Crippen LogP) is 1.89. The fourth-order valence-electron chi connectivity index (χ4n) is 3.03. The molecular weight excluding hydrogens is 376 g/mol. The Kier molecular flexibility index (Phi) is 5.64. The van der Waals surface area contributed by atoms with E-state index in [0.29, 0.717) is 36.8 Å². The van der Waals surface area contributed by atoms with Crippen LogP contribution in [0.25, 0.3) is 0 Å². The average Bonchev–Trinajstić information content (AvgIpc) is 2.65. The molecule has 1 aliphatic heterocycles. The second-order valence-corrected chi connectivity index (χ2v) is 8.50. The molecule has 1 N–H and O–H groups in total. The van der Waals surface area contributed by atoms with Crippen LogP contribution in [0.15, 0.2) is 40.2 Å². The zero-order valence-electron chi connectivity index (χ0n) is 14.5. The van der Waals surface area contributed by atoms with Crippen molar-refractivity contribution in [1.82, 2.24) is 14.5 Å². The van der Waals surface area contributed by atoms with E-state index in [1.165, 1.54) is 10.5 Å². The number of piperazine rings is 1. The van der Waals surface area contributed by atoms with Crippen LogP contribution in [0.5, 0.6) is 0 Å². The summed E-state index contributed by atoms with van der Waals surface area (Å²) in [5.74, 6) is 0. The number of sulfonamides is 1. The maximum Gasteiger partial charge on any atom is 0.285 e. The van der Waals surface area contributed by atoms with E-state index in [1.54, 1.807) is 12.1 Å². The third-order valence-electron chi connectivity index (χ3n) is 4.46. The smallest absolute Gasteiger partial charge is 0.285 e.